The first-order valence-electron chi connectivity index (χ1n) is 7.51. The summed E-state index contributed by atoms with van der Waals surface area (Å²) in [5.41, 5.74) is 1.16. The number of hydroxylamine groups is 1. The zero-order valence-corrected chi connectivity index (χ0v) is 12.5. The SMILES string of the molecule is O=C1c2ccc([NH+]([O-])O)cc2[NH+]([O-])C1c1cccc2ccccc12. The highest BCUT2D eigenvalue weighted by Crippen LogP contribution is 2.32. The highest BCUT2D eigenvalue weighted by atomic mass is 16.8. The molecule has 1 aliphatic heterocycles. The van der Waals surface area contributed by atoms with Crippen LogP contribution in [0, 0.1) is 10.4 Å². The van der Waals surface area contributed by atoms with Crippen molar-refractivity contribution in [3.8, 4) is 0 Å². The topological polar surface area (TPSA) is 92.3 Å². The second-order valence-corrected chi connectivity index (χ2v) is 5.80. The molecule has 3 aromatic rings. The molecule has 4 rings (SSSR count). The molecule has 3 atom stereocenters. The van der Waals surface area contributed by atoms with Crippen LogP contribution in [0.25, 0.3) is 10.8 Å². The van der Waals surface area contributed by atoms with Gasteiger partial charge >= 0.3 is 0 Å². The smallest absolute Gasteiger partial charge is 0.231 e. The summed E-state index contributed by atoms with van der Waals surface area (Å²) >= 11 is 0. The van der Waals surface area contributed by atoms with Gasteiger partial charge in [0.25, 0.3) is 0 Å². The number of hydrogen-bond donors (Lipinski definition) is 3. The summed E-state index contributed by atoms with van der Waals surface area (Å²) in [5, 5.41) is 33.4. The molecule has 1 aliphatic rings. The molecule has 0 saturated carbocycles. The molecule has 1 heterocycles. The van der Waals surface area contributed by atoms with Crippen molar-refractivity contribution in [3.05, 3.63) is 82.2 Å². The fourth-order valence-electron chi connectivity index (χ4n) is 3.31. The highest BCUT2D eigenvalue weighted by molar-refractivity contribution is 6.07. The van der Waals surface area contributed by atoms with Gasteiger partial charge in [-0.25, -0.2) is 5.21 Å². The molecule has 3 aromatic carbocycles. The predicted octanol–water partition coefficient (Wildman–Crippen LogP) is 1.20. The first-order valence-corrected chi connectivity index (χ1v) is 7.51. The van der Waals surface area contributed by atoms with Gasteiger partial charge in [0.15, 0.2) is 11.7 Å². The van der Waals surface area contributed by atoms with E-state index in [1.165, 1.54) is 18.2 Å². The lowest BCUT2D eigenvalue weighted by atomic mass is 9.96. The summed E-state index contributed by atoms with van der Waals surface area (Å²) in [4.78, 5) is 12.8. The number of hydrogen-bond acceptors (Lipinski definition) is 4. The number of nitrogens with one attached hydrogen (secondary N) is 2. The van der Waals surface area contributed by atoms with E-state index >= 15 is 0 Å². The van der Waals surface area contributed by atoms with E-state index in [0.717, 1.165) is 10.8 Å². The van der Waals surface area contributed by atoms with E-state index < -0.39 is 11.3 Å². The minimum Gasteiger partial charge on any atom is -0.628 e. The molecule has 3 N–H and O–H groups in total. The van der Waals surface area contributed by atoms with Crippen LogP contribution in [0.15, 0.2) is 60.7 Å². The molecule has 24 heavy (non-hydrogen) atoms. The summed E-state index contributed by atoms with van der Waals surface area (Å²) in [6.07, 6.45) is 0. The van der Waals surface area contributed by atoms with Gasteiger partial charge in [-0.15, -0.1) is 0 Å². The van der Waals surface area contributed by atoms with Crippen molar-refractivity contribution in [2.75, 3.05) is 0 Å². The van der Waals surface area contributed by atoms with E-state index in [4.69, 9.17) is 5.21 Å². The Hall–Kier alpha value is -2.61. The maximum absolute atomic E-state index is 12.8. The van der Waals surface area contributed by atoms with Crippen LogP contribution >= 0.6 is 0 Å². The van der Waals surface area contributed by atoms with Gasteiger partial charge in [0.05, 0.1) is 11.6 Å². The van der Waals surface area contributed by atoms with E-state index in [0.29, 0.717) is 11.1 Å². The number of rotatable bonds is 2. The van der Waals surface area contributed by atoms with Gasteiger partial charge in [-0.1, -0.05) is 42.5 Å². The van der Waals surface area contributed by atoms with Crippen LogP contribution in [0.4, 0.5) is 11.4 Å². The lowest BCUT2D eigenvalue weighted by molar-refractivity contribution is -0.991. The van der Waals surface area contributed by atoms with Crippen molar-refractivity contribution in [2.45, 2.75) is 6.04 Å². The number of ketones is 1. The van der Waals surface area contributed by atoms with Crippen LogP contribution in [-0.2, 0) is 0 Å². The first kappa shape index (κ1) is 14.9. The van der Waals surface area contributed by atoms with Gasteiger partial charge in [-0.3, -0.25) is 4.79 Å². The Kier molecular flexibility index (Phi) is 3.42. The normalized spacial score (nSPS) is 21.0. The lowest BCUT2D eigenvalue weighted by Gasteiger charge is -2.24. The summed E-state index contributed by atoms with van der Waals surface area (Å²) in [7, 11) is 0. The van der Waals surface area contributed by atoms with Gasteiger partial charge in [0, 0.05) is 11.6 Å². The number of fused-ring (bicyclic) bond motifs is 2. The molecule has 0 aliphatic carbocycles. The minimum atomic E-state index is -1.12. The van der Waals surface area contributed by atoms with E-state index in [2.05, 4.69) is 0 Å². The first-order chi connectivity index (χ1) is 11.6. The third kappa shape index (κ3) is 2.14. The Balaban J connectivity index is 1.87. The molecule has 0 spiro atoms. The standard InChI is InChI=1S/C18H14N2O4/c21-18-15-9-8-12(20(23)24)10-16(15)19(22)17(18)14-7-3-5-11-4-1-2-6-13(11)14/h1-10,17,19-20,23H. The second-order valence-electron chi connectivity index (χ2n) is 5.80. The van der Waals surface area contributed by atoms with Crippen LogP contribution in [0.1, 0.15) is 22.0 Å². The van der Waals surface area contributed by atoms with Crippen LogP contribution in [0.2, 0.25) is 0 Å². The average molecular weight is 322 g/mol. The van der Waals surface area contributed by atoms with Crippen molar-refractivity contribution in [1.82, 2.24) is 0 Å². The highest BCUT2D eigenvalue weighted by Gasteiger charge is 2.40. The molecular weight excluding hydrogens is 308 g/mol. The Morgan fingerprint density at radius 2 is 1.79 bits per heavy atom. The molecule has 0 amide bonds. The summed E-state index contributed by atoms with van der Waals surface area (Å²) in [6, 6.07) is 16.3. The largest absolute Gasteiger partial charge is 0.628 e. The van der Waals surface area contributed by atoms with Crippen LogP contribution in [0.5, 0.6) is 0 Å². The fraction of sp³-hybridized carbons (Fsp3) is 0.0556. The van der Waals surface area contributed by atoms with Crippen molar-refractivity contribution >= 4 is 27.9 Å². The monoisotopic (exact) mass is 322 g/mol. The molecule has 0 fully saturated rings. The minimum absolute atomic E-state index is 0.00784. The summed E-state index contributed by atoms with van der Waals surface area (Å²) in [6.45, 7) is 0. The van der Waals surface area contributed by atoms with Crippen LogP contribution in [0.3, 0.4) is 0 Å². The average Bonchev–Trinajstić information content (AvgIpc) is 2.85. The molecule has 0 aromatic heterocycles. The second kappa shape index (κ2) is 5.48. The van der Waals surface area contributed by atoms with Crippen molar-refractivity contribution in [2.24, 2.45) is 0 Å². The molecule has 0 saturated heterocycles. The van der Waals surface area contributed by atoms with E-state index in [-0.39, 0.29) is 22.2 Å². The van der Waals surface area contributed by atoms with Gasteiger partial charge in [-0.05, 0) is 16.8 Å². The lowest BCUT2D eigenvalue weighted by Crippen LogP contribution is -3.02. The summed E-state index contributed by atoms with van der Waals surface area (Å²) < 4.78 is 0. The van der Waals surface area contributed by atoms with Gasteiger partial charge in [0.1, 0.15) is 5.69 Å². The zero-order valence-electron chi connectivity index (χ0n) is 12.5. The fourth-order valence-corrected chi connectivity index (χ4v) is 3.31. The quantitative estimate of drug-likeness (QED) is 0.488. The number of quaternary nitrogens is 2. The third-order valence-corrected chi connectivity index (χ3v) is 4.46. The van der Waals surface area contributed by atoms with Crippen LogP contribution < -0.4 is 10.3 Å². The summed E-state index contributed by atoms with van der Waals surface area (Å²) in [5.74, 6) is -0.275. The predicted molar refractivity (Wildman–Crippen MR) is 87.2 cm³/mol. The van der Waals surface area contributed by atoms with Crippen LogP contribution in [-0.4, -0.2) is 11.0 Å². The molecule has 3 unspecified atom stereocenters. The maximum atomic E-state index is 12.8. The van der Waals surface area contributed by atoms with E-state index in [9.17, 15) is 15.2 Å². The number of carbonyl (C=O) groups excluding carboxylic acids is 1. The Morgan fingerprint density at radius 3 is 2.58 bits per heavy atom. The van der Waals surface area contributed by atoms with Gasteiger partial charge in [0.2, 0.25) is 5.78 Å². The molecule has 6 nitrogen and oxygen atoms in total. The van der Waals surface area contributed by atoms with Crippen molar-refractivity contribution in [3.63, 3.8) is 0 Å². The number of carbonyl (C=O) groups is 1. The maximum Gasteiger partial charge on any atom is 0.231 e. The van der Waals surface area contributed by atoms with E-state index in [1.54, 1.807) is 6.07 Å². The van der Waals surface area contributed by atoms with Crippen molar-refractivity contribution < 1.29 is 20.3 Å². The molecular formula is C18H14N2O4. The Bertz CT molecular complexity index is 949. The zero-order chi connectivity index (χ0) is 16.8. The van der Waals surface area contributed by atoms with Crippen molar-refractivity contribution in [1.29, 1.82) is 0 Å². The van der Waals surface area contributed by atoms with Gasteiger partial charge < -0.3 is 15.5 Å². The van der Waals surface area contributed by atoms with E-state index in [1.807, 2.05) is 36.4 Å². The molecule has 120 valence electrons. The number of benzene rings is 3. The molecule has 6 heteroatoms. The Labute approximate surface area is 137 Å². The number of Topliss-reactive ketones (excluding diaryl/α,β-unsaturated/α-hetero) is 1. The third-order valence-electron chi connectivity index (χ3n) is 4.46. The molecule has 0 bridgehead atoms. The van der Waals surface area contributed by atoms with Gasteiger partial charge in [-0.2, -0.15) is 5.23 Å². The molecule has 0 radical (unpaired) electrons. The Morgan fingerprint density at radius 1 is 1.04 bits per heavy atom.